The molecule has 8 rings (SSSR count). The zero-order valence-corrected chi connectivity index (χ0v) is 23.7. The highest BCUT2D eigenvalue weighted by molar-refractivity contribution is 6.08. The molecule has 0 spiro atoms. The number of hydrogen-bond donors (Lipinski definition) is 0. The molecule has 8 aromatic carbocycles. The van der Waals surface area contributed by atoms with Crippen LogP contribution < -0.4 is 4.90 Å². The average Bonchev–Trinajstić information content (AvgIpc) is 3.09. The lowest BCUT2D eigenvalue weighted by atomic mass is 9.95. The standard InChI is InChI=1S/C42H29N/c1-2-15-36(16-3-1)43(38-26-27-42-35(29-38)21-20-32-11-5-7-18-40(32)42)37-24-22-30(23-25-37)33-13-8-14-34(28-33)41-19-9-12-31-10-4-6-17-39(31)41/h1-29H. The van der Waals surface area contributed by atoms with Crippen LogP contribution in [-0.4, -0.2) is 0 Å². The Bertz CT molecular complexity index is 2220. The van der Waals surface area contributed by atoms with Crippen molar-refractivity contribution in [1.29, 1.82) is 0 Å². The van der Waals surface area contributed by atoms with Gasteiger partial charge in [-0.1, -0.05) is 133 Å². The van der Waals surface area contributed by atoms with E-state index in [1.54, 1.807) is 0 Å². The summed E-state index contributed by atoms with van der Waals surface area (Å²) in [6.45, 7) is 0. The molecule has 0 fully saturated rings. The summed E-state index contributed by atoms with van der Waals surface area (Å²) in [4.78, 5) is 2.34. The third-order valence-corrected chi connectivity index (χ3v) is 8.42. The average molecular weight is 548 g/mol. The SMILES string of the molecule is c1ccc(N(c2ccc(-c3cccc(-c4cccc5ccccc45)c3)cc2)c2ccc3c(ccc4ccccc43)c2)cc1. The van der Waals surface area contributed by atoms with Crippen molar-refractivity contribution >= 4 is 49.4 Å². The summed E-state index contributed by atoms with van der Waals surface area (Å²) >= 11 is 0. The molecule has 0 N–H and O–H groups in total. The first-order valence-corrected chi connectivity index (χ1v) is 14.8. The van der Waals surface area contributed by atoms with Gasteiger partial charge in [0.15, 0.2) is 0 Å². The van der Waals surface area contributed by atoms with E-state index in [2.05, 4.69) is 181 Å². The van der Waals surface area contributed by atoms with Gasteiger partial charge in [0.2, 0.25) is 0 Å². The van der Waals surface area contributed by atoms with E-state index in [1.807, 2.05) is 0 Å². The van der Waals surface area contributed by atoms with E-state index in [0.29, 0.717) is 0 Å². The number of nitrogens with zero attached hydrogens (tertiary/aromatic N) is 1. The van der Waals surface area contributed by atoms with Crippen LogP contribution >= 0.6 is 0 Å². The highest BCUT2D eigenvalue weighted by Crippen LogP contribution is 2.38. The molecular weight excluding hydrogens is 518 g/mol. The maximum atomic E-state index is 2.34. The summed E-state index contributed by atoms with van der Waals surface area (Å²) in [5.74, 6) is 0. The monoisotopic (exact) mass is 547 g/mol. The van der Waals surface area contributed by atoms with Crippen LogP contribution in [0.2, 0.25) is 0 Å². The molecule has 1 nitrogen and oxygen atoms in total. The van der Waals surface area contributed by atoms with E-state index >= 15 is 0 Å². The highest BCUT2D eigenvalue weighted by atomic mass is 15.1. The summed E-state index contributed by atoms with van der Waals surface area (Å²) < 4.78 is 0. The van der Waals surface area contributed by atoms with E-state index in [9.17, 15) is 0 Å². The van der Waals surface area contributed by atoms with Gasteiger partial charge < -0.3 is 4.90 Å². The molecule has 8 aromatic rings. The molecule has 0 bridgehead atoms. The minimum atomic E-state index is 1.13. The predicted molar refractivity (Wildman–Crippen MR) is 185 cm³/mol. The van der Waals surface area contributed by atoms with Crippen LogP contribution in [0.3, 0.4) is 0 Å². The van der Waals surface area contributed by atoms with Crippen LogP contribution in [0.4, 0.5) is 17.1 Å². The Kier molecular flexibility index (Phi) is 6.20. The molecule has 0 saturated heterocycles. The molecule has 0 aliphatic carbocycles. The van der Waals surface area contributed by atoms with Crippen LogP contribution in [-0.2, 0) is 0 Å². The Morgan fingerprint density at radius 1 is 0.279 bits per heavy atom. The van der Waals surface area contributed by atoms with Crippen molar-refractivity contribution in [2.75, 3.05) is 4.90 Å². The van der Waals surface area contributed by atoms with Gasteiger partial charge in [-0.15, -0.1) is 0 Å². The van der Waals surface area contributed by atoms with Crippen molar-refractivity contribution in [1.82, 2.24) is 0 Å². The van der Waals surface area contributed by atoms with Gasteiger partial charge >= 0.3 is 0 Å². The van der Waals surface area contributed by atoms with E-state index < -0.39 is 0 Å². The van der Waals surface area contributed by atoms with Crippen LogP contribution in [0.25, 0.3) is 54.6 Å². The summed E-state index contributed by atoms with van der Waals surface area (Å²) in [5, 5.41) is 7.60. The first-order chi connectivity index (χ1) is 21.3. The Balaban J connectivity index is 1.19. The number of anilines is 3. The van der Waals surface area contributed by atoms with Gasteiger partial charge in [-0.3, -0.25) is 0 Å². The molecule has 0 aromatic heterocycles. The van der Waals surface area contributed by atoms with Gasteiger partial charge in [-0.25, -0.2) is 0 Å². The lowest BCUT2D eigenvalue weighted by Crippen LogP contribution is -2.09. The third-order valence-electron chi connectivity index (χ3n) is 8.42. The molecular formula is C42H29N. The first-order valence-electron chi connectivity index (χ1n) is 14.8. The maximum Gasteiger partial charge on any atom is 0.0468 e. The molecule has 0 heterocycles. The van der Waals surface area contributed by atoms with Crippen molar-refractivity contribution in [2.24, 2.45) is 0 Å². The second kappa shape index (κ2) is 10.6. The predicted octanol–water partition coefficient (Wildman–Crippen LogP) is 11.9. The van der Waals surface area contributed by atoms with Gasteiger partial charge in [0.1, 0.15) is 0 Å². The Morgan fingerprint density at radius 2 is 0.860 bits per heavy atom. The van der Waals surface area contributed by atoms with E-state index in [1.165, 1.54) is 54.6 Å². The zero-order valence-electron chi connectivity index (χ0n) is 23.7. The molecule has 0 radical (unpaired) electrons. The number of fused-ring (bicyclic) bond motifs is 4. The van der Waals surface area contributed by atoms with Crippen LogP contribution in [0.1, 0.15) is 0 Å². The molecule has 0 atom stereocenters. The fourth-order valence-corrected chi connectivity index (χ4v) is 6.31. The summed E-state index contributed by atoms with van der Waals surface area (Å²) in [5.41, 5.74) is 8.29. The summed E-state index contributed by atoms with van der Waals surface area (Å²) in [7, 11) is 0. The molecule has 0 saturated carbocycles. The second-order valence-electron chi connectivity index (χ2n) is 11.0. The van der Waals surface area contributed by atoms with Crippen molar-refractivity contribution in [2.45, 2.75) is 0 Å². The number of rotatable bonds is 5. The molecule has 0 unspecified atom stereocenters. The molecule has 43 heavy (non-hydrogen) atoms. The van der Waals surface area contributed by atoms with Gasteiger partial charge in [-0.2, -0.15) is 0 Å². The van der Waals surface area contributed by atoms with Crippen molar-refractivity contribution in [3.8, 4) is 22.3 Å². The molecule has 0 aliphatic heterocycles. The van der Waals surface area contributed by atoms with Gasteiger partial charge in [0.05, 0.1) is 0 Å². The van der Waals surface area contributed by atoms with Crippen molar-refractivity contribution in [3.63, 3.8) is 0 Å². The van der Waals surface area contributed by atoms with Crippen LogP contribution in [0.15, 0.2) is 176 Å². The Hall–Kier alpha value is -5.66. The van der Waals surface area contributed by atoms with Crippen molar-refractivity contribution in [3.05, 3.63) is 176 Å². The third kappa shape index (κ3) is 4.62. The molecule has 0 aliphatic rings. The fraction of sp³-hybridized carbons (Fsp3) is 0. The molecule has 202 valence electrons. The molecule has 1 heteroatoms. The van der Waals surface area contributed by atoms with Gasteiger partial charge in [0, 0.05) is 17.1 Å². The van der Waals surface area contributed by atoms with Crippen molar-refractivity contribution < 1.29 is 0 Å². The zero-order chi connectivity index (χ0) is 28.6. The fourth-order valence-electron chi connectivity index (χ4n) is 6.31. The second-order valence-corrected chi connectivity index (χ2v) is 11.0. The number of hydrogen-bond acceptors (Lipinski definition) is 1. The van der Waals surface area contributed by atoms with Gasteiger partial charge in [0.25, 0.3) is 0 Å². The quantitative estimate of drug-likeness (QED) is 0.194. The number of benzene rings is 8. The lowest BCUT2D eigenvalue weighted by molar-refractivity contribution is 1.29. The maximum absolute atomic E-state index is 2.34. The van der Waals surface area contributed by atoms with E-state index in [-0.39, 0.29) is 0 Å². The smallest absolute Gasteiger partial charge is 0.0468 e. The van der Waals surface area contributed by atoms with E-state index in [0.717, 1.165) is 17.1 Å². The van der Waals surface area contributed by atoms with Gasteiger partial charge in [-0.05, 0) is 97.0 Å². The van der Waals surface area contributed by atoms with Crippen LogP contribution in [0.5, 0.6) is 0 Å². The topological polar surface area (TPSA) is 3.24 Å². The first kappa shape index (κ1) is 25.1. The minimum absolute atomic E-state index is 1.13. The summed E-state index contributed by atoms with van der Waals surface area (Å²) in [6, 6.07) is 63.4. The van der Waals surface area contributed by atoms with Crippen LogP contribution in [0, 0.1) is 0 Å². The lowest BCUT2D eigenvalue weighted by Gasteiger charge is -2.26. The Morgan fingerprint density at radius 3 is 1.70 bits per heavy atom. The van der Waals surface area contributed by atoms with E-state index in [4.69, 9.17) is 0 Å². The Labute approximate surface area is 251 Å². The largest absolute Gasteiger partial charge is 0.310 e. The summed E-state index contributed by atoms with van der Waals surface area (Å²) in [6.07, 6.45) is 0. The minimum Gasteiger partial charge on any atom is -0.310 e. The highest BCUT2D eigenvalue weighted by Gasteiger charge is 2.14. The normalized spacial score (nSPS) is 11.3. The number of para-hydroxylation sites is 1. The molecule has 0 amide bonds.